The van der Waals surface area contributed by atoms with Crippen LogP contribution in [-0.2, 0) is 32.8 Å². The summed E-state index contributed by atoms with van der Waals surface area (Å²) in [5.41, 5.74) is 3.15. The number of carbonyl (C=O) groups is 1. The van der Waals surface area contributed by atoms with Crippen molar-refractivity contribution in [3.05, 3.63) is 81.5 Å². The van der Waals surface area contributed by atoms with Gasteiger partial charge in [0.1, 0.15) is 5.82 Å². The van der Waals surface area contributed by atoms with Crippen molar-refractivity contribution in [2.45, 2.75) is 37.5 Å². The van der Waals surface area contributed by atoms with E-state index in [4.69, 9.17) is 15.0 Å². The molecular weight excluding hydrogens is 582 g/mol. The third-order valence-corrected chi connectivity index (χ3v) is 9.03. The number of benzene rings is 2. The first-order valence-corrected chi connectivity index (χ1v) is 15.5. The van der Waals surface area contributed by atoms with Gasteiger partial charge in [-0.15, -0.1) is 16.5 Å². The lowest BCUT2D eigenvalue weighted by molar-refractivity contribution is -0.0648. The molecule has 4 aromatic rings. The number of rotatable bonds is 8. The van der Waals surface area contributed by atoms with Gasteiger partial charge in [-0.3, -0.25) is 0 Å². The molecule has 216 valence electrons. The van der Waals surface area contributed by atoms with Gasteiger partial charge in [0.05, 0.1) is 35.6 Å². The molecular formula is C30H27F2N4O4S2+. The molecule has 1 atom stereocenters. The highest BCUT2D eigenvalue weighted by molar-refractivity contribution is 7.82. The number of carboxylic acid groups (broad SMARTS) is 1. The molecule has 3 heterocycles. The van der Waals surface area contributed by atoms with Crippen molar-refractivity contribution in [1.29, 1.82) is 0 Å². The van der Waals surface area contributed by atoms with Crippen molar-refractivity contribution in [3.8, 4) is 28.2 Å². The van der Waals surface area contributed by atoms with E-state index in [9.17, 15) is 22.9 Å². The zero-order chi connectivity index (χ0) is 29.6. The number of aromatic carboxylic acids is 1. The van der Waals surface area contributed by atoms with Crippen LogP contribution in [0.1, 0.15) is 52.6 Å². The highest BCUT2D eigenvalue weighted by atomic mass is 32.2. The van der Waals surface area contributed by atoms with Gasteiger partial charge in [-0.05, 0) is 68.0 Å². The Bertz CT molecular complexity index is 1800. The summed E-state index contributed by atoms with van der Waals surface area (Å²) in [5.74, 6) is 4.24. The summed E-state index contributed by atoms with van der Waals surface area (Å²) in [6, 6.07) is 9.03. The Kier molecular flexibility index (Phi) is 7.53. The van der Waals surface area contributed by atoms with Crippen molar-refractivity contribution in [2.24, 2.45) is 16.5 Å². The molecule has 42 heavy (non-hydrogen) atoms. The topological polar surface area (TPSA) is 120 Å². The number of aromatic nitrogens is 3. The minimum atomic E-state index is -2.34. The summed E-state index contributed by atoms with van der Waals surface area (Å²) in [7, 11) is -2.34. The molecule has 1 aliphatic carbocycles. The highest BCUT2D eigenvalue weighted by Gasteiger charge is 2.32. The standard InChI is InChI=1S/C30H26F2N4O4S2/c1-30(15-40-16-30)9-8-19-13-20(5-6-22(19)31)27-21(10-18-4-7-26(42(33)39)23(32)11-18)25(12-17-2-3-17)36(35-27)29-34-24(14-41-29)28(37)38/h4-7,11,13-14,17H,2-3,10,12,15-16H2,1H3,(H2,33,39)(H,37,38)/p+1. The fraction of sp³-hybridized carbons (Fsp3) is 0.300. The molecule has 6 rings (SSSR count). The number of hydrogen-bond donors (Lipinski definition) is 2. The molecule has 0 bridgehead atoms. The van der Waals surface area contributed by atoms with Gasteiger partial charge in [0.25, 0.3) is 0 Å². The Labute approximate surface area is 247 Å². The molecule has 2 aliphatic rings. The van der Waals surface area contributed by atoms with Gasteiger partial charge in [0, 0.05) is 22.9 Å². The van der Waals surface area contributed by atoms with Crippen LogP contribution >= 0.6 is 11.3 Å². The van der Waals surface area contributed by atoms with Crippen molar-refractivity contribution in [1.82, 2.24) is 14.8 Å². The molecule has 2 fully saturated rings. The van der Waals surface area contributed by atoms with E-state index in [-0.39, 0.29) is 28.0 Å². The van der Waals surface area contributed by atoms with E-state index in [1.165, 1.54) is 23.6 Å². The van der Waals surface area contributed by atoms with Crippen LogP contribution in [0, 0.1) is 34.8 Å². The molecule has 0 radical (unpaired) electrons. The Morgan fingerprint density at radius 2 is 2.02 bits per heavy atom. The van der Waals surface area contributed by atoms with Crippen LogP contribution in [0.3, 0.4) is 0 Å². The molecule has 2 aromatic heterocycles. The SMILES string of the molecule is CC1(C#Cc2cc(-c3nn(-c4nc(C(=O)O)cs4)c(CC4CC4)c3Cc3ccc([SH+](N)=O)c(F)c3)ccc2F)COC1. The zero-order valence-electron chi connectivity index (χ0n) is 22.6. The van der Waals surface area contributed by atoms with Gasteiger partial charge in [-0.2, -0.15) is 5.10 Å². The molecule has 1 saturated carbocycles. The number of halogens is 2. The van der Waals surface area contributed by atoms with E-state index < -0.39 is 28.6 Å². The summed E-state index contributed by atoms with van der Waals surface area (Å²) in [4.78, 5) is 15.8. The van der Waals surface area contributed by atoms with Crippen molar-refractivity contribution in [2.75, 3.05) is 13.2 Å². The van der Waals surface area contributed by atoms with Gasteiger partial charge in [-0.25, -0.2) is 23.2 Å². The molecule has 12 heteroatoms. The third kappa shape index (κ3) is 5.78. The summed E-state index contributed by atoms with van der Waals surface area (Å²) in [6.45, 7) is 2.93. The van der Waals surface area contributed by atoms with Gasteiger partial charge in [0.15, 0.2) is 22.5 Å². The monoisotopic (exact) mass is 609 g/mol. The molecule has 8 nitrogen and oxygen atoms in total. The largest absolute Gasteiger partial charge is 0.476 e. The molecule has 0 amide bonds. The van der Waals surface area contributed by atoms with Crippen LogP contribution in [-0.4, -0.2) is 39.1 Å². The quantitative estimate of drug-likeness (QED) is 0.168. The average Bonchev–Trinajstić information content (AvgIpc) is 3.49. The first-order chi connectivity index (χ1) is 20.1. The molecule has 2 aromatic carbocycles. The molecule has 0 spiro atoms. The van der Waals surface area contributed by atoms with Crippen molar-refractivity contribution < 1.29 is 27.6 Å². The number of nitrogens with zero attached hydrogens (tertiary/aromatic N) is 3. The third-order valence-electron chi connectivity index (χ3n) is 7.37. The number of ether oxygens (including phenoxy) is 1. The van der Waals surface area contributed by atoms with Gasteiger partial charge in [0.2, 0.25) is 10.0 Å². The van der Waals surface area contributed by atoms with Crippen molar-refractivity contribution in [3.63, 3.8) is 0 Å². The second kappa shape index (κ2) is 11.1. The molecule has 1 aliphatic heterocycles. The number of carboxylic acids is 1. The predicted molar refractivity (Wildman–Crippen MR) is 155 cm³/mol. The summed E-state index contributed by atoms with van der Waals surface area (Å²) < 4.78 is 48.3. The fourth-order valence-corrected chi connectivity index (χ4v) is 6.11. The first kappa shape index (κ1) is 28.4. The Morgan fingerprint density at radius 3 is 2.64 bits per heavy atom. The van der Waals surface area contributed by atoms with Crippen LogP contribution in [0.4, 0.5) is 8.78 Å². The van der Waals surface area contributed by atoms with E-state index in [1.807, 2.05) is 6.92 Å². The second-order valence-corrected chi connectivity index (χ2v) is 12.9. The van der Waals surface area contributed by atoms with Gasteiger partial charge < -0.3 is 9.84 Å². The van der Waals surface area contributed by atoms with Crippen LogP contribution in [0.15, 0.2) is 46.7 Å². The minimum Gasteiger partial charge on any atom is -0.476 e. The fourth-order valence-electron chi connectivity index (χ4n) is 4.84. The van der Waals surface area contributed by atoms with E-state index >= 15 is 0 Å². The highest BCUT2D eigenvalue weighted by Crippen LogP contribution is 2.38. The normalized spacial score (nSPS) is 16.4. The summed E-state index contributed by atoms with van der Waals surface area (Å²) in [5, 5.41) is 21.7. The van der Waals surface area contributed by atoms with E-state index in [1.54, 1.807) is 22.9 Å². The predicted octanol–water partition coefficient (Wildman–Crippen LogP) is 4.83. The lowest BCUT2D eigenvalue weighted by atomic mass is 9.89. The van der Waals surface area contributed by atoms with Crippen LogP contribution in [0.5, 0.6) is 0 Å². The van der Waals surface area contributed by atoms with E-state index in [0.717, 1.165) is 35.4 Å². The maximum Gasteiger partial charge on any atom is 0.355 e. The Morgan fingerprint density at radius 1 is 1.24 bits per heavy atom. The number of thiazole rings is 1. The van der Waals surface area contributed by atoms with E-state index in [0.29, 0.717) is 47.5 Å². The van der Waals surface area contributed by atoms with Gasteiger partial charge in [-0.1, -0.05) is 22.1 Å². The molecule has 3 N–H and O–H groups in total. The van der Waals surface area contributed by atoms with Gasteiger partial charge >= 0.3 is 5.97 Å². The number of nitrogens with two attached hydrogens (primary N) is 1. The van der Waals surface area contributed by atoms with Crippen LogP contribution in [0.25, 0.3) is 16.4 Å². The number of thiol groups is 1. The number of hydrogen-bond acceptors (Lipinski definition) is 6. The van der Waals surface area contributed by atoms with E-state index in [2.05, 4.69) is 16.8 Å². The molecule has 1 unspecified atom stereocenters. The second-order valence-electron chi connectivity index (χ2n) is 10.9. The first-order valence-electron chi connectivity index (χ1n) is 13.3. The van der Waals surface area contributed by atoms with Crippen molar-refractivity contribution >= 4 is 28.3 Å². The lowest BCUT2D eigenvalue weighted by Gasteiger charge is -2.32. The zero-order valence-corrected chi connectivity index (χ0v) is 24.3. The summed E-state index contributed by atoms with van der Waals surface area (Å²) >= 11 is 1.16. The Hall–Kier alpha value is -3.76. The lowest BCUT2D eigenvalue weighted by Crippen LogP contribution is -2.38. The average molecular weight is 610 g/mol. The Balaban J connectivity index is 1.50. The van der Waals surface area contributed by atoms with Crippen LogP contribution in [0.2, 0.25) is 0 Å². The maximum absolute atomic E-state index is 14.9. The summed E-state index contributed by atoms with van der Waals surface area (Å²) in [6.07, 6.45) is 3.01. The maximum atomic E-state index is 14.9. The minimum absolute atomic E-state index is 0.0563. The molecule has 1 saturated heterocycles. The smallest absolute Gasteiger partial charge is 0.355 e. The van der Waals surface area contributed by atoms with Crippen LogP contribution < -0.4 is 5.14 Å².